The number of methoxy groups -OCH3 is 2. The van der Waals surface area contributed by atoms with E-state index in [2.05, 4.69) is 47.3 Å². The Hall–Kier alpha value is -4.82. The van der Waals surface area contributed by atoms with Crippen molar-refractivity contribution >= 4 is 28.7 Å². The largest absolute Gasteiger partial charge is 0.493 e. The Kier molecular flexibility index (Phi) is 11.3. The van der Waals surface area contributed by atoms with Crippen LogP contribution in [0.25, 0.3) is 11.0 Å². The molecule has 1 aromatic carbocycles. The van der Waals surface area contributed by atoms with E-state index >= 15 is 0 Å². The van der Waals surface area contributed by atoms with Crippen LogP contribution in [0.15, 0.2) is 49.1 Å². The lowest BCUT2D eigenvalue weighted by atomic mass is 9.68. The summed E-state index contributed by atoms with van der Waals surface area (Å²) in [4.78, 5) is 46.7. The molecule has 1 saturated heterocycles. The van der Waals surface area contributed by atoms with Gasteiger partial charge in [-0.25, -0.2) is 14.6 Å². The van der Waals surface area contributed by atoms with E-state index in [0.29, 0.717) is 45.9 Å². The first kappa shape index (κ1) is 36.5. The van der Waals surface area contributed by atoms with Gasteiger partial charge in [-0.15, -0.1) is 0 Å². The Balaban J connectivity index is 1.00. The van der Waals surface area contributed by atoms with E-state index in [9.17, 15) is 9.59 Å². The van der Waals surface area contributed by atoms with Crippen molar-refractivity contribution in [1.29, 1.82) is 0 Å². The number of fused-ring (bicyclic) bond motifs is 3. The predicted molar refractivity (Wildman–Crippen MR) is 200 cm³/mol. The summed E-state index contributed by atoms with van der Waals surface area (Å²) >= 11 is 0. The van der Waals surface area contributed by atoms with Gasteiger partial charge in [0.2, 0.25) is 11.8 Å². The number of ether oxygens (including phenoxy) is 3. The highest BCUT2D eigenvalue weighted by Gasteiger charge is 2.47. The monoisotopic (exact) mass is 725 g/mol. The number of hydrogen-bond acceptors (Lipinski definition) is 11. The minimum Gasteiger partial charge on any atom is -0.493 e. The van der Waals surface area contributed by atoms with Gasteiger partial charge in [-0.2, -0.15) is 5.10 Å². The van der Waals surface area contributed by atoms with Gasteiger partial charge in [-0.1, -0.05) is 6.07 Å². The number of rotatable bonds is 13. The summed E-state index contributed by atoms with van der Waals surface area (Å²) in [6.07, 6.45) is 10.3. The highest BCUT2D eigenvalue weighted by molar-refractivity contribution is 5.87. The number of benzene rings is 1. The molecule has 0 unspecified atom stereocenters. The molecule has 0 bridgehead atoms. The number of carbonyl (C=O) groups is 2. The molecule has 282 valence electrons. The zero-order valence-corrected chi connectivity index (χ0v) is 31.1. The Morgan fingerprint density at radius 3 is 2.51 bits per heavy atom. The van der Waals surface area contributed by atoms with Crippen molar-refractivity contribution in [3.05, 3.63) is 65.9 Å². The minimum absolute atomic E-state index is 0.0204. The molecule has 14 nitrogen and oxygen atoms in total. The SMILES string of the molecule is CCOCC(=O)NCCCN1CCc2cc(OC)c(OC)cc2C12CCC(C(=O)N1CCN(c3ncnc4c3cnn4Cc3ccccn3)CC1)CC2. The van der Waals surface area contributed by atoms with Gasteiger partial charge in [-0.3, -0.25) is 19.5 Å². The second kappa shape index (κ2) is 16.5. The van der Waals surface area contributed by atoms with E-state index in [1.165, 1.54) is 11.1 Å². The Morgan fingerprint density at radius 1 is 0.981 bits per heavy atom. The maximum atomic E-state index is 14.1. The Labute approximate surface area is 310 Å². The van der Waals surface area contributed by atoms with Crippen LogP contribution >= 0.6 is 0 Å². The number of pyridine rings is 1. The molecule has 1 spiro atoms. The lowest BCUT2D eigenvalue weighted by molar-refractivity contribution is -0.138. The molecule has 1 N–H and O–H groups in total. The number of carbonyl (C=O) groups excluding carboxylic acids is 2. The van der Waals surface area contributed by atoms with Crippen LogP contribution in [-0.2, 0) is 32.8 Å². The van der Waals surface area contributed by atoms with Gasteiger partial charge >= 0.3 is 0 Å². The number of aromatic nitrogens is 5. The second-order valence-corrected chi connectivity index (χ2v) is 14.1. The number of nitrogens with zero attached hydrogens (tertiary/aromatic N) is 8. The van der Waals surface area contributed by atoms with E-state index in [0.717, 1.165) is 85.7 Å². The van der Waals surface area contributed by atoms with Gasteiger partial charge < -0.3 is 29.3 Å². The molecule has 1 saturated carbocycles. The molecule has 14 heteroatoms. The van der Waals surface area contributed by atoms with Crippen LogP contribution < -0.4 is 19.7 Å². The van der Waals surface area contributed by atoms with Gasteiger partial charge in [0, 0.05) is 70.1 Å². The molecule has 3 aromatic heterocycles. The van der Waals surface area contributed by atoms with Crippen molar-refractivity contribution in [2.75, 3.05) is 78.1 Å². The fraction of sp³-hybridized carbons (Fsp3) is 0.538. The van der Waals surface area contributed by atoms with Crippen molar-refractivity contribution in [1.82, 2.24) is 39.8 Å². The lowest BCUT2D eigenvalue weighted by Crippen LogP contribution is -2.55. The molecule has 3 aliphatic rings. The Bertz CT molecular complexity index is 1870. The van der Waals surface area contributed by atoms with Crippen LogP contribution in [0.4, 0.5) is 5.82 Å². The average molecular weight is 726 g/mol. The molecular formula is C39H51N9O5. The molecule has 5 heterocycles. The second-order valence-electron chi connectivity index (χ2n) is 14.1. The molecule has 7 rings (SSSR count). The first-order valence-corrected chi connectivity index (χ1v) is 18.9. The first-order chi connectivity index (χ1) is 25.9. The molecular weight excluding hydrogens is 674 g/mol. The zero-order chi connectivity index (χ0) is 36.8. The first-order valence-electron chi connectivity index (χ1n) is 18.9. The number of anilines is 1. The number of hydrogen-bond donors (Lipinski definition) is 1. The zero-order valence-electron chi connectivity index (χ0n) is 31.1. The van der Waals surface area contributed by atoms with Gasteiger partial charge in [-0.05, 0) is 80.8 Å². The van der Waals surface area contributed by atoms with E-state index in [4.69, 9.17) is 14.2 Å². The third-order valence-electron chi connectivity index (χ3n) is 11.2. The molecule has 0 atom stereocenters. The van der Waals surface area contributed by atoms with Crippen LogP contribution in [0.2, 0.25) is 0 Å². The van der Waals surface area contributed by atoms with E-state index in [-0.39, 0.29) is 29.9 Å². The molecule has 2 fully saturated rings. The van der Waals surface area contributed by atoms with Gasteiger partial charge in [0.1, 0.15) is 18.8 Å². The summed E-state index contributed by atoms with van der Waals surface area (Å²) in [6.45, 7) is 8.07. The summed E-state index contributed by atoms with van der Waals surface area (Å²) < 4.78 is 18.6. The third kappa shape index (κ3) is 7.65. The van der Waals surface area contributed by atoms with Crippen molar-refractivity contribution in [3.8, 4) is 11.5 Å². The van der Waals surface area contributed by atoms with Crippen molar-refractivity contribution in [2.45, 2.75) is 57.5 Å². The summed E-state index contributed by atoms with van der Waals surface area (Å²) in [7, 11) is 3.36. The molecule has 53 heavy (non-hydrogen) atoms. The van der Waals surface area contributed by atoms with Crippen molar-refractivity contribution in [3.63, 3.8) is 0 Å². The summed E-state index contributed by atoms with van der Waals surface area (Å²) in [6, 6.07) is 10.1. The summed E-state index contributed by atoms with van der Waals surface area (Å²) in [5, 5.41) is 8.51. The highest BCUT2D eigenvalue weighted by Crippen LogP contribution is 2.50. The fourth-order valence-electron chi connectivity index (χ4n) is 8.49. The number of amides is 2. The van der Waals surface area contributed by atoms with E-state index in [1.54, 1.807) is 26.7 Å². The van der Waals surface area contributed by atoms with Crippen molar-refractivity contribution in [2.24, 2.45) is 5.92 Å². The van der Waals surface area contributed by atoms with Crippen LogP contribution in [0.5, 0.6) is 11.5 Å². The quantitative estimate of drug-likeness (QED) is 0.203. The molecule has 4 aromatic rings. The number of piperazine rings is 1. The normalized spacial score (nSPS) is 20.4. The van der Waals surface area contributed by atoms with Gasteiger partial charge in [0.25, 0.3) is 0 Å². The van der Waals surface area contributed by atoms with E-state index < -0.39 is 0 Å². The summed E-state index contributed by atoms with van der Waals surface area (Å²) in [5.41, 5.74) is 4.04. The van der Waals surface area contributed by atoms with Crippen LogP contribution in [0.3, 0.4) is 0 Å². The van der Waals surface area contributed by atoms with E-state index in [1.807, 2.05) is 40.9 Å². The van der Waals surface area contributed by atoms with Gasteiger partial charge in [0.15, 0.2) is 17.1 Å². The topological polar surface area (TPSA) is 140 Å². The molecule has 0 radical (unpaired) electrons. The maximum Gasteiger partial charge on any atom is 0.245 e. The maximum absolute atomic E-state index is 14.1. The average Bonchev–Trinajstić information content (AvgIpc) is 3.62. The smallest absolute Gasteiger partial charge is 0.245 e. The predicted octanol–water partition coefficient (Wildman–Crippen LogP) is 3.42. The standard InChI is InChI=1S/C39H51N9O5/c1-4-53-26-35(49)41-15-7-16-47-17-11-29-22-33(51-2)34(52-3)23-32(29)39(47)12-9-28(10-13-39)38(50)46-20-18-45(19-21-46)36-31-24-44-48(37(31)43-27-42-36)25-30-8-5-6-14-40-30/h5-6,8,14,22-24,27-28H,4,7,9-13,15-21,25-26H2,1-3H3,(H,41,49). The highest BCUT2D eigenvalue weighted by atomic mass is 16.5. The van der Waals surface area contributed by atoms with Crippen LogP contribution in [-0.4, -0.2) is 120 Å². The molecule has 1 aliphatic carbocycles. The number of nitrogens with one attached hydrogen (secondary N) is 1. The van der Waals surface area contributed by atoms with Crippen molar-refractivity contribution < 1.29 is 23.8 Å². The minimum atomic E-state index is -0.211. The fourth-order valence-corrected chi connectivity index (χ4v) is 8.49. The van der Waals surface area contributed by atoms with Crippen LogP contribution in [0.1, 0.15) is 55.8 Å². The van der Waals surface area contributed by atoms with Gasteiger partial charge in [0.05, 0.1) is 38.0 Å². The third-order valence-corrected chi connectivity index (χ3v) is 11.2. The van der Waals surface area contributed by atoms with Crippen LogP contribution in [0, 0.1) is 5.92 Å². The lowest BCUT2D eigenvalue weighted by Gasteiger charge is -2.52. The molecule has 2 amide bonds. The molecule has 2 aliphatic heterocycles. The Morgan fingerprint density at radius 2 is 1.77 bits per heavy atom. The summed E-state index contributed by atoms with van der Waals surface area (Å²) in [5.74, 6) is 2.48.